The smallest absolute Gasteiger partial charge is 0.0352 e. The first-order valence-electron chi connectivity index (χ1n) is 8.08. The summed E-state index contributed by atoms with van der Waals surface area (Å²) in [5.74, 6) is 6.62. The Balaban J connectivity index is 1.56. The van der Waals surface area contributed by atoms with E-state index in [1.165, 1.54) is 32.1 Å². The molecule has 0 nitrogen and oxygen atoms in total. The molecule has 0 N–H and O–H groups in total. The van der Waals surface area contributed by atoms with Gasteiger partial charge in [0.1, 0.15) is 0 Å². The van der Waals surface area contributed by atoms with Gasteiger partial charge in [-0.1, -0.05) is 0 Å². The van der Waals surface area contributed by atoms with Crippen molar-refractivity contribution in [2.24, 2.45) is 35.5 Å². The summed E-state index contributed by atoms with van der Waals surface area (Å²) in [5, 5.41) is 0. The van der Waals surface area contributed by atoms with Crippen molar-refractivity contribution in [3.8, 4) is 0 Å². The molecule has 0 aromatic rings. The quantitative estimate of drug-likeness (QED) is 0.568. The van der Waals surface area contributed by atoms with E-state index in [9.17, 15) is 0 Å². The van der Waals surface area contributed by atoms with Crippen molar-refractivity contribution >= 4 is 0 Å². The van der Waals surface area contributed by atoms with Gasteiger partial charge in [-0.25, -0.2) is 0 Å². The van der Waals surface area contributed by atoms with Crippen LogP contribution >= 0.6 is 0 Å². The van der Waals surface area contributed by atoms with Gasteiger partial charge in [0.15, 0.2) is 0 Å². The summed E-state index contributed by atoms with van der Waals surface area (Å²) < 4.78 is 0. The molecule has 4 aliphatic carbocycles. The molecule has 4 rings (SSSR count). The largest absolute Gasteiger partial charge is 0.0499 e. The number of hydrogen-bond donors (Lipinski definition) is 0. The summed E-state index contributed by atoms with van der Waals surface area (Å²) >= 11 is 0. The van der Waals surface area contributed by atoms with Gasteiger partial charge in [0.05, 0.1) is 0 Å². The predicted octanol–water partition coefficient (Wildman–Crippen LogP) is 4.66. The van der Waals surface area contributed by atoms with Crippen molar-refractivity contribution in [2.75, 3.05) is 0 Å². The molecule has 0 aromatic carbocycles. The summed E-state index contributed by atoms with van der Waals surface area (Å²) in [6.07, 6.45) is 18.9. The first-order chi connectivity index (χ1) is 8.43. The first kappa shape index (κ1) is 10.9. The molecule has 0 saturated heterocycles. The molecular formula is C17H26. The van der Waals surface area contributed by atoms with Crippen LogP contribution in [0.25, 0.3) is 0 Å². The zero-order valence-corrected chi connectivity index (χ0v) is 11.0. The Hall–Kier alpha value is 0. The van der Waals surface area contributed by atoms with Crippen molar-refractivity contribution in [1.82, 2.24) is 0 Å². The Morgan fingerprint density at radius 3 is 2.47 bits per heavy atom. The Bertz CT molecular complexity index is 282. The van der Waals surface area contributed by atoms with E-state index in [0.717, 1.165) is 35.5 Å². The maximum atomic E-state index is 2.67. The maximum Gasteiger partial charge on any atom is -0.0352 e. The fraction of sp³-hybridized carbons (Fsp3) is 0.882. The topological polar surface area (TPSA) is 0 Å². The van der Waals surface area contributed by atoms with Gasteiger partial charge >= 0.3 is 0 Å². The van der Waals surface area contributed by atoms with Crippen LogP contribution in [0, 0.1) is 48.3 Å². The van der Waals surface area contributed by atoms with Gasteiger partial charge in [0, 0.05) is 0 Å². The summed E-state index contributed by atoms with van der Waals surface area (Å²) in [6, 6.07) is 0. The minimum absolute atomic E-state index is 1.03. The Kier molecular flexibility index (Phi) is 2.74. The first-order valence-corrected chi connectivity index (χ1v) is 8.08. The van der Waals surface area contributed by atoms with Gasteiger partial charge in [-0.3, -0.25) is 0 Å². The average Bonchev–Trinajstić information content (AvgIpc) is 2.86. The molecule has 4 fully saturated rings. The highest BCUT2D eigenvalue weighted by Gasteiger charge is 2.48. The number of rotatable bonds is 0. The van der Waals surface area contributed by atoms with Crippen LogP contribution in [0.5, 0.6) is 0 Å². The van der Waals surface area contributed by atoms with Crippen LogP contribution in [-0.4, -0.2) is 0 Å². The highest BCUT2D eigenvalue weighted by molar-refractivity contribution is 5.03. The van der Waals surface area contributed by atoms with E-state index in [1.807, 2.05) is 0 Å². The summed E-state index contributed by atoms with van der Waals surface area (Å²) in [4.78, 5) is 0. The molecule has 94 valence electrons. The molecule has 0 spiro atoms. The molecule has 6 atom stereocenters. The SMILES string of the molecule is [CH]1CCC2C(C1)CCC1C3CC[CH]C3CCC21. The van der Waals surface area contributed by atoms with Gasteiger partial charge in [0.2, 0.25) is 0 Å². The molecule has 17 heavy (non-hydrogen) atoms. The minimum Gasteiger partial charge on any atom is -0.0499 e. The van der Waals surface area contributed by atoms with Gasteiger partial charge in [-0.15, -0.1) is 0 Å². The van der Waals surface area contributed by atoms with Crippen molar-refractivity contribution in [3.05, 3.63) is 12.8 Å². The van der Waals surface area contributed by atoms with Crippen molar-refractivity contribution < 1.29 is 0 Å². The Morgan fingerprint density at radius 1 is 0.647 bits per heavy atom. The molecule has 0 bridgehead atoms. The molecule has 6 unspecified atom stereocenters. The molecule has 4 aliphatic rings. The lowest BCUT2D eigenvalue weighted by Gasteiger charge is -2.51. The van der Waals surface area contributed by atoms with E-state index in [2.05, 4.69) is 12.8 Å². The van der Waals surface area contributed by atoms with Crippen molar-refractivity contribution in [3.63, 3.8) is 0 Å². The molecule has 0 heterocycles. The Labute approximate surface area is 107 Å². The average molecular weight is 230 g/mol. The van der Waals surface area contributed by atoms with E-state index in [-0.39, 0.29) is 0 Å². The van der Waals surface area contributed by atoms with Crippen LogP contribution < -0.4 is 0 Å². The van der Waals surface area contributed by atoms with Crippen LogP contribution in [0.2, 0.25) is 0 Å². The molecule has 0 amide bonds. The zero-order valence-electron chi connectivity index (χ0n) is 11.0. The fourth-order valence-electron chi connectivity index (χ4n) is 5.99. The molecule has 4 saturated carbocycles. The molecule has 0 aromatic heterocycles. The standard InChI is InChI=1S/C17H26/c1-2-6-14-12(4-1)8-10-17-15-7-3-5-13(15)9-11-16(14)17/h1,5,12-17H,2-4,6-11H2. The van der Waals surface area contributed by atoms with E-state index >= 15 is 0 Å². The summed E-state index contributed by atoms with van der Waals surface area (Å²) in [6.45, 7) is 0. The summed E-state index contributed by atoms with van der Waals surface area (Å²) in [5.41, 5.74) is 0. The lowest BCUT2D eigenvalue weighted by atomic mass is 9.54. The molecular weight excluding hydrogens is 204 g/mol. The van der Waals surface area contributed by atoms with E-state index in [4.69, 9.17) is 0 Å². The van der Waals surface area contributed by atoms with Gasteiger partial charge in [-0.05, 0) is 106 Å². The van der Waals surface area contributed by atoms with E-state index < -0.39 is 0 Å². The van der Waals surface area contributed by atoms with Crippen LogP contribution in [-0.2, 0) is 0 Å². The normalized spacial score (nSPS) is 53.6. The molecule has 2 radical (unpaired) electrons. The predicted molar refractivity (Wildman–Crippen MR) is 71.1 cm³/mol. The number of hydrogen-bond acceptors (Lipinski definition) is 0. The second-order valence-corrected chi connectivity index (χ2v) is 7.15. The third-order valence-electron chi connectivity index (χ3n) is 6.65. The third-order valence-corrected chi connectivity index (χ3v) is 6.65. The minimum atomic E-state index is 1.03. The third kappa shape index (κ3) is 1.70. The van der Waals surface area contributed by atoms with Crippen molar-refractivity contribution in [2.45, 2.75) is 57.8 Å². The monoisotopic (exact) mass is 230 g/mol. The lowest BCUT2D eigenvalue weighted by molar-refractivity contribution is -0.00764. The van der Waals surface area contributed by atoms with Crippen LogP contribution in [0.4, 0.5) is 0 Å². The van der Waals surface area contributed by atoms with Crippen LogP contribution in [0.15, 0.2) is 0 Å². The summed E-state index contributed by atoms with van der Waals surface area (Å²) in [7, 11) is 0. The van der Waals surface area contributed by atoms with Gasteiger partial charge in [0.25, 0.3) is 0 Å². The van der Waals surface area contributed by atoms with Crippen LogP contribution in [0.3, 0.4) is 0 Å². The van der Waals surface area contributed by atoms with Gasteiger partial charge in [-0.2, -0.15) is 0 Å². The second kappa shape index (κ2) is 4.28. The Morgan fingerprint density at radius 2 is 1.47 bits per heavy atom. The van der Waals surface area contributed by atoms with Crippen molar-refractivity contribution in [1.29, 1.82) is 0 Å². The van der Waals surface area contributed by atoms with E-state index in [1.54, 1.807) is 25.7 Å². The number of fused-ring (bicyclic) bond motifs is 5. The zero-order chi connectivity index (χ0) is 11.2. The van der Waals surface area contributed by atoms with Gasteiger partial charge < -0.3 is 0 Å². The second-order valence-electron chi connectivity index (χ2n) is 7.15. The highest BCUT2D eigenvalue weighted by Crippen LogP contribution is 2.57. The molecule has 0 aliphatic heterocycles. The molecule has 0 heteroatoms. The maximum absolute atomic E-state index is 2.67. The highest BCUT2D eigenvalue weighted by atomic mass is 14.5. The lowest BCUT2D eigenvalue weighted by Crippen LogP contribution is -2.43. The van der Waals surface area contributed by atoms with Crippen LogP contribution in [0.1, 0.15) is 57.8 Å². The fourth-order valence-corrected chi connectivity index (χ4v) is 5.99. The van der Waals surface area contributed by atoms with E-state index in [0.29, 0.717) is 0 Å².